The number of carbonyl (C=O) groups is 1. The predicted octanol–water partition coefficient (Wildman–Crippen LogP) is 2.61. The number of rotatable bonds is 5. The summed E-state index contributed by atoms with van der Waals surface area (Å²) < 4.78 is 15.7. The first-order chi connectivity index (χ1) is 8.58. The lowest BCUT2D eigenvalue weighted by Gasteiger charge is -2.08. The second-order valence-corrected chi connectivity index (χ2v) is 3.44. The first-order valence-corrected chi connectivity index (χ1v) is 5.28. The molecule has 90 valence electrons. The molecule has 7 heteroatoms. The largest absolute Gasteiger partial charge is 0.425 e. The molecule has 1 aromatic carbocycles. The lowest BCUT2D eigenvalue weighted by atomic mass is 10.2. The molecule has 6 nitrogen and oxygen atoms in total. The Hall–Kier alpha value is -1.81. The van der Waals surface area contributed by atoms with Gasteiger partial charge in [-0.3, -0.25) is 14.9 Å². The van der Waals surface area contributed by atoms with Gasteiger partial charge in [0.25, 0.3) is 5.69 Å². The minimum atomic E-state index is -0.681. The highest BCUT2D eigenvalue weighted by Gasteiger charge is 2.17. The van der Waals surface area contributed by atoms with Crippen molar-refractivity contribution < 1.29 is 14.5 Å². The van der Waals surface area contributed by atoms with Crippen LogP contribution in [0.1, 0.15) is 13.3 Å². The molecule has 0 aromatic heterocycles. The van der Waals surface area contributed by atoms with Crippen molar-refractivity contribution >= 4 is 20.6 Å². The smallest absolute Gasteiger partial charge is 0.336 e. The number of hydrogen-bond donors (Lipinski definition) is 0. The molecule has 1 atom stereocenters. The number of nitro groups is 1. The van der Waals surface area contributed by atoms with Crippen molar-refractivity contribution in [2.75, 3.05) is 0 Å². The monoisotopic (exact) mass is 255 g/mol. The topological polar surface area (TPSA) is 81.8 Å². The third-order valence-corrected chi connectivity index (χ3v) is 2.34. The van der Waals surface area contributed by atoms with Crippen molar-refractivity contribution in [3.05, 3.63) is 34.4 Å². The summed E-state index contributed by atoms with van der Waals surface area (Å²) in [5.41, 5.74) is -0.0730. The molecule has 1 aromatic rings. The molecule has 0 heterocycles. The van der Waals surface area contributed by atoms with E-state index in [0.717, 1.165) is 0 Å². The number of hydrogen-bond acceptors (Lipinski definition) is 5. The van der Waals surface area contributed by atoms with Crippen LogP contribution < -0.4 is 4.74 Å². The van der Waals surface area contributed by atoms with E-state index in [-0.39, 0.29) is 20.4 Å². The number of nitro benzene ring substituents is 1. The van der Waals surface area contributed by atoms with Crippen LogP contribution in [0.15, 0.2) is 29.0 Å². The van der Waals surface area contributed by atoms with Gasteiger partial charge < -0.3 is 4.74 Å². The molecule has 0 N–H and O–H groups in total. The summed E-state index contributed by atoms with van der Waals surface area (Å²) >= 11 is 0. The van der Waals surface area contributed by atoms with Gasteiger partial charge in [0.1, 0.15) is 7.03 Å². The molecule has 0 amide bonds. The Bertz CT molecular complexity index is 463. The lowest BCUT2D eigenvalue weighted by molar-refractivity contribution is -0.384. The van der Waals surface area contributed by atoms with Gasteiger partial charge in [-0.05, 0) is 27.5 Å². The van der Waals surface area contributed by atoms with Crippen molar-refractivity contribution in [3.8, 4) is 5.75 Å². The minimum absolute atomic E-state index is 0.0211. The Morgan fingerprint density at radius 3 is 2.76 bits per heavy atom. The zero-order valence-electron chi connectivity index (χ0n) is 10.1. The maximum absolute atomic E-state index is 11.6. The molecular weight excluding hydrogens is 243 g/mol. The SMILES string of the molecule is [2H]P=N[C@@H](CC)C(=O)Oc1ccc([N+](=O)[O-])cc1. The van der Waals surface area contributed by atoms with Gasteiger partial charge >= 0.3 is 5.97 Å². The van der Waals surface area contributed by atoms with Crippen molar-refractivity contribution in [1.29, 1.82) is 1.28 Å². The summed E-state index contributed by atoms with van der Waals surface area (Å²) in [6.07, 6.45) is 0.442. The van der Waals surface area contributed by atoms with Crippen molar-refractivity contribution in [2.24, 2.45) is 4.74 Å². The van der Waals surface area contributed by atoms with E-state index in [9.17, 15) is 14.9 Å². The van der Waals surface area contributed by atoms with Gasteiger partial charge in [0, 0.05) is 12.1 Å². The fourth-order valence-electron chi connectivity index (χ4n) is 1.12. The van der Waals surface area contributed by atoms with E-state index in [1.807, 2.05) is 0 Å². The van der Waals surface area contributed by atoms with Gasteiger partial charge in [0.2, 0.25) is 0 Å². The number of benzene rings is 1. The van der Waals surface area contributed by atoms with Crippen molar-refractivity contribution in [2.45, 2.75) is 19.4 Å². The second-order valence-electron chi connectivity index (χ2n) is 3.21. The molecule has 0 aliphatic heterocycles. The van der Waals surface area contributed by atoms with Gasteiger partial charge in [-0.2, -0.15) is 0 Å². The first kappa shape index (κ1) is 11.7. The van der Waals surface area contributed by atoms with E-state index < -0.39 is 16.9 Å². The summed E-state index contributed by atoms with van der Waals surface area (Å²) in [5, 5.41) is 10.4. The fourth-order valence-corrected chi connectivity index (χ4v) is 1.37. The molecule has 0 bridgehead atoms. The van der Waals surface area contributed by atoms with E-state index in [4.69, 9.17) is 6.02 Å². The highest BCUT2D eigenvalue weighted by atomic mass is 31.0. The van der Waals surface area contributed by atoms with E-state index >= 15 is 0 Å². The molecule has 0 spiro atoms. The van der Waals surface area contributed by atoms with Crippen LogP contribution in [0.4, 0.5) is 5.69 Å². The van der Waals surface area contributed by atoms with Gasteiger partial charge in [-0.15, -0.1) is 0 Å². The summed E-state index contributed by atoms with van der Waals surface area (Å²) in [6, 6.07) is 4.52. The zero-order valence-corrected chi connectivity index (χ0v) is 9.96. The minimum Gasteiger partial charge on any atom is -0.425 e. The van der Waals surface area contributed by atoms with Crippen LogP contribution >= 0.6 is 8.98 Å². The molecule has 0 saturated heterocycles. The predicted molar refractivity (Wildman–Crippen MR) is 63.6 cm³/mol. The van der Waals surface area contributed by atoms with Crippen LogP contribution in [-0.2, 0) is 4.79 Å². The quantitative estimate of drug-likeness (QED) is 0.266. The van der Waals surface area contributed by atoms with Crippen LogP contribution in [-0.4, -0.2) is 18.2 Å². The average molecular weight is 255 g/mol. The summed E-state index contributed by atoms with van der Waals surface area (Å²) in [6.45, 7) is 1.76. The Balaban J connectivity index is 2.72. The third-order valence-electron chi connectivity index (χ3n) is 2.06. The molecule has 0 saturated carbocycles. The fraction of sp³-hybridized carbons (Fsp3) is 0.300. The van der Waals surface area contributed by atoms with Crippen molar-refractivity contribution in [3.63, 3.8) is 0 Å². The Labute approximate surface area is 101 Å². The first-order valence-electron chi connectivity index (χ1n) is 5.33. The van der Waals surface area contributed by atoms with Crippen LogP contribution in [0.5, 0.6) is 5.75 Å². The maximum atomic E-state index is 11.6. The molecule has 0 fully saturated rings. The van der Waals surface area contributed by atoms with Gasteiger partial charge in [-0.1, -0.05) is 6.92 Å². The molecule has 0 aliphatic carbocycles. The van der Waals surface area contributed by atoms with E-state index in [1.54, 1.807) is 6.92 Å². The van der Waals surface area contributed by atoms with Crippen LogP contribution in [0, 0.1) is 10.1 Å². The zero-order chi connectivity index (χ0) is 13.5. The number of nitrogens with zero attached hydrogens (tertiary/aromatic N) is 2. The molecule has 1 rings (SSSR count). The summed E-state index contributed by atoms with van der Waals surface area (Å²) in [5.74, 6) is -0.341. The van der Waals surface area contributed by atoms with Gasteiger partial charge in [0.15, 0.2) is 6.04 Å². The van der Waals surface area contributed by atoms with Crippen LogP contribution in [0.25, 0.3) is 0 Å². The number of carbonyl (C=O) groups excluding carboxylic acids is 1. The highest BCUT2D eigenvalue weighted by Crippen LogP contribution is 2.18. The Kier molecular flexibility index (Phi) is 4.16. The highest BCUT2D eigenvalue weighted by molar-refractivity contribution is 7.04. The lowest BCUT2D eigenvalue weighted by Crippen LogP contribution is -2.22. The number of non-ortho nitro benzene ring substituents is 1. The van der Waals surface area contributed by atoms with Gasteiger partial charge in [-0.25, -0.2) is 4.79 Å². The number of esters is 1. The molecule has 0 radical (unpaired) electrons. The van der Waals surface area contributed by atoms with E-state index in [0.29, 0.717) is 6.42 Å². The Morgan fingerprint density at radius 2 is 2.29 bits per heavy atom. The molecular formula is C10H11N2O4P. The summed E-state index contributed by atoms with van der Waals surface area (Å²) in [7, 11) is 0.0211. The second kappa shape index (κ2) is 6.06. The van der Waals surface area contributed by atoms with Crippen molar-refractivity contribution in [1.82, 2.24) is 0 Å². The van der Waals surface area contributed by atoms with Gasteiger partial charge in [0.05, 0.1) is 4.92 Å². The molecule has 17 heavy (non-hydrogen) atoms. The third kappa shape index (κ3) is 3.60. The normalized spacial score (nSPS) is 13.1. The Morgan fingerprint density at radius 1 is 1.65 bits per heavy atom. The maximum Gasteiger partial charge on any atom is 0.336 e. The number of ether oxygens (including phenoxy) is 1. The standard InChI is InChI=1S/C10H11N2O4P/c1-2-9(11-17)10(13)16-8-5-3-7(4-6-8)12(14)15/h3-6,9,17H,2H2,1H3/t9-/m0/s1/i17D. The average Bonchev–Trinajstić information content (AvgIpc) is 2.36. The summed E-state index contributed by atoms with van der Waals surface area (Å²) in [4.78, 5) is 21.5. The molecule has 0 aliphatic rings. The van der Waals surface area contributed by atoms with Crippen LogP contribution in [0.2, 0.25) is 0 Å². The molecule has 0 unspecified atom stereocenters. The van der Waals surface area contributed by atoms with E-state index in [2.05, 4.69) is 4.74 Å². The van der Waals surface area contributed by atoms with E-state index in [1.165, 1.54) is 24.3 Å². The van der Waals surface area contributed by atoms with Crippen LogP contribution in [0.3, 0.4) is 0 Å².